The minimum absolute atomic E-state index is 0.469. The van der Waals surface area contributed by atoms with Gasteiger partial charge in [-0.25, -0.2) is 0 Å². The number of ether oxygens (including phenoxy) is 1. The predicted octanol–water partition coefficient (Wildman–Crippen LogP) is 4.35. The molecule has 5 heteroatoms. The van der Waals surface area contributed by atoms with E-state index in [4.69, 9.17) is 27.9 Å². The summed E-state index contributed by atoms with van der Waals surface area (Å²) in [5, 5.41) is 8.15. The summed E-state index contributed by atoms with van der Waals surface area (Å²) >= 11 is 12.3. The molecular formula is C18H24Cl2N2O. The van der Waals surface area contributed by atoms with E-state index < -0.39 is 0 Å². The Morgan fingerprint density at radius 3 is 2.83 bits per heavy atom. The van der Waals surface area contributed by atoms with Crippen molar-refractivity contribution in [2.24, 2.45) is 0 Å². The van der Waals surface area contributed by atoms with E-state index >= 15 is 0 Å². The van der Waals surface area contributed by atoms with Gasteiger partial charge in [0.1, 0.15) is 5.75 Å². The van der Waals surface area contributed by atoms with Gasteiger partial charge in [-0.1, -0.05) is 47.5 Å². The lowest BCUT2D eigenvalue weighted by Gasteiger charge is -2.16. The van der Waals surface area contributed by atoms with Gasteiger partial charge in [0.05, 0.1) is 11.6 Å². The highest BCUT2D eigenvalue weighted by Crippen LogP contribution is 2.32. The Hall–Kier alpha value is -1.00. The molecule has 0 saturated heterocycles. The van der Waals surface area contributed by atoms with E-state index in [2.05, 4.69) is 34.9 Å². The molecule has 0 saturated carbocycles. The first kappa shape index (κ1) is 18.3. The van der Waals surface area contributed by atoms with E-state index in [-0.39, 0.29) is 0 Å². The molecule has 0 radical (unpaired) electrons. The van der Waals surface area contributed by atoms with Gasteiger partial charge < -0.3 is 15.4 Å². The summed E-state index contributed by atoms with van der Waals surface area (Å²) in [6.45, 7) is 5.14. The Kier molecular flexibility index (Phi) is 7.96. The summed E-state index contributed by atoms with van der Waals surface area (Å²) in [6, 6.07) is 4.09. The molecule has 2 N–H and O–H groups in total. The van der Waals surface area contributed by atoms with Crippen LogP contribution in [0.2, 0.25) is 10.0 Å². The lowest BCUT2D eigenvalue weighted by atomic mass is 10.1. The average Bonchev–Trinajstić information content (AvgIpc) is 2.54. The summed E-state index contributed by atoms with van der Waals surface area (Å²) in [7, 11) is 0. The fourth-order valence-corrected chi connectivity index (χ4v) is 3.10. The first-order valence-electron chi connectivity index (χ1n) is 8.09. The molecule has 3 nitrogen and oxygen atoms in total. The quantitative estimate of drug-likeness (QED) is 0.647. The minimum Gasteiger partial charge on any atom is -0.492 e. The number of hydrogen-bond acceptors (Lipinski definition) is 3. The van der Waals surface area contributed by atoms with Crippen LogP contribution in [-0.2, 0) is 6.54 Å². The lowest BCUT2D eigenvalue weighted by molar-refractivity contribution is 0.335. The molecule has 126 valence electrons. The van der Waals surface area contributed by atoms with Gasteiger partial charge in [0, 0.05) is 23.2 Å². The maximum absolute atomic E-state index is 6.20. The van der Waals surface area contributed by atoms with Crippen LogP contribution in [0.15, 0.2) is 36.4 Å². The number of halogens is 2. The molecular weight excluding hydrogens is 331 g/mol. The van der Waals surface area contributed by atoms with Crippen molar-refractivity contribution < 1.29 is 4.74 Å². The number of hydrogen-bond donors (Lipinski definition) is 2. The van der Waals surface area contributed by atoms with Gasteiger partial charge >= 0.3 is 0 Å². The summed E-state index contributed by atoms with van der Waals surface area (Å²) in [5.74, 6) is 0.725. The second-order valence-electron chi connectivity index (χ2n) is 5.45. The van der Waals surface area contributed by atoms with Crippen LogP contribution in [0.1, 0.15) is 25.3 Å². The monoisotopic (exact) mass is 354 g/mol. The van der Waals surface area contributed by atoms with Crippen molar-refractivity contribution in [2.45, 2.75) is 32.4 Å². The van der Waals surface area contributed by atoms with Crippen molar-refractivity contribution in [2.75, 3.05) is 19.7 Å². The van der Waals surface area contributed by atoms with Gasteiger partial charge in [-0.3, -0.25) is 0 Å². The molecule has 2 rings (SSSR count). The highest BCUT2D eigenvalue weighted by atomic mass is 35.5. The number of benzene rings is 1. The standard InChI is InChI=1S/C18H24Cl2N2O/c1-2-23-18-14(11-15(19)12-17(18)20)13-21-9-6-10-22-16-7-4-3-5-8-16/h3-5,7,11-12,16,21-22H,2,6,8-10,13H2,1H3. The summed E-state index contributed by atoms with van der Waals surface area (Å²) in [4.78, 5) is 0. The van der Waals surface area contributed by atoms with Crippen molar-refractivity contribution in [3.63, 3.8) is 0 Å². The molecule has 1 aliphatic rings. The molecule has 1 unspecified atom stereocenters. The molecule has 0 heterocycles. The van der Waals surface area contributed by atoms with E-state index in [1.807, 2.05) is 13.0 Å². The number of allylic oxidation sites excluding steroid dienone is 2. The first-order valence-corrected chi connectivity index (χ1v) is 8.84. The largest absolute Gasteiger partial charge is 0.492 e. The summed E-state index contributed by atoms with van der Waals surface area (Å²) in [6.07, 6.45) is 10.7. The molecule has 0 amide bonds. The van der Waals surface area contributed by atoms with E-state index in [9.17, 15) is 0 Å². The SMILES string of the molecule is CCOc1c(Cl)cc(Cl)cc1CNCCCNC1C=CC=CC1. The third-order valence-electron chi connectivity index (χ3n) is 3.61. The molecule has 0 aromatic heterocycles. The van der Waals surface area contributed by atoms with E-state index in [0.717, 1.165) is 37.2 Å². The van der Waals surface area contributed by atoms with E-state index in [1.165, 1.54) is 0 Å². The Bertz CT molecular complexity index is 558. The predicted molar refractivity (Wildman–Crippen MR) is 98.6 cm³/mol. The topological polar surface area (TPSA) is 33.3 Å². The van der Waals surface area contributed by atoms with Crippen molar-refractivity contribution in [3.05, 3.63) is 52.0 Å². The fourth-order valence-electron chi connectivity index (χ4n) is 2.51. The molecule has 1 atom stereocenters. The molecule has 0 fully saturated rings. The molecule has 1 aromatic carbocycles. The van der Waals surface area contributed by atoms with Crippen LogP contribution in [-0.4, -0.2) is 25.7 Å². The zero-order valence-electron chi connectivity index (χ0n) is 13.4. The second kappa shape index (κ2) is 9.99. The van der Waals surface area contributed by atoms with Crippen molar-refractivity contribution >= 4 is 23.2 Å². The highest BCUT2D eigenvalue weighted by Gasteiger charge is 2.10. The van der Waals surface area contributed by atoms with Crippen LogP contribution in [0.3, 0.4) is 0 Å². The van der Waals surface area contributed by atoms with Gasteiger partial charge in [0.25, 0.3) is 0 Å². The summed E-state index contributed by atoms with van der Waals surface area (Å²) in [5.41, 5.74) is 0.998. The molecule has 0 bridgehead atoms. The van der Waals surface area contributed by atoms with Crippen LogP contribution in [0.5, 0.6) is 5.75 Å². The Morgan fingerprint density at radius 1 is 1.22 bits per heavy atom. The Morgan fingerprint density at radius 2 is 2.09 bits per heavy atom. The fraction of sp³-hybridized carbons (Fsp3) is 0.444. The molecule has 1 aliphatic carbocycles. The van der Waals surface area contributed by atoms with E-state index in [1.54, 1.807) is 6.07 Å². The second-order valence-corrected chi connectivity index (χ2v) is 6.29. The lowest BCUT2D eigenvalue weighted by Crippen LogP contribution is -2.30. The van der Waals surface area contributed by atoms with Crippen molar-refractivity contribution in [1.82, 2.24) is 10.6 Å². The van der Waals surface area contributed by atoms with Crippen molar-refractivity contribution in [1.29, 1.82) is 0 Å². The van der Waals surface area contributed by atoms with Crippen LogP contribution in [0.25, 0.3) is 0 Å². The summed E-state index contributed by atoms with van der Waals surface area (Å²) < 4.78 is 5.62. The van der Waals surface area contributed by atoms with Gasteiger partial charge in [0.2, 0.25) is 0 Å². The zero-order chi connectivity index (χ0) is 16.5. The normalized spacial score (nSPS) is 16.7. The van der Waals surface area contributed by atoms with Gasteiger partial charge in [-0.2, -0.15) is 0 Å². The third-order valence-corrected chi connectivity index (χ3v) is 4.11. The minimum atomic E-state index is 0.469. The van der Waals surface area contributed by atoms with Crippen LogP contribution >= 0.6 is 23.2 Å². The van der Waals surface area contributed by atoms with Crippen LogP contribution in [0, 0.1) is 0 Å². The van der Waals surface area contributed by atoms with Crippen LogP contribution in [0.4, 0.5) is 0 Å². The molecule has 0 spiro atoms. The Balaban J connectivity index is 1.71. The smallest absolute Gasteiger partial charge is 0.142 e. The number of rotatable bonds is 9. The average molecular weight is 355 g/mol. The van der Waals surface area contributed by atoms with Gasteiger partial charge in [0.15, 0.2) is 0 Å². The zero-order valence-corrected chi connectivity index (χ0v) is 15.0. The van der Waals surface area contributed by atoms with Gasteiger partial charge in [-0.15, -0.1) is 0 Å². The first-order chi connectivity index (χ1) is 11.2. The van der Waals surface area contributed by atoms with Crippen molar-refractivity contribution in [3.8, 4) is 5.75 Å². The number of nitrogens with one attached hydrogen (secondary N) is 2. The third kappa shape index (κ3) is 6.19. The highest BCUT2D eigenvalue weighted by molar-refractivity contribution is 6.35. The van der Waals surface area contributed by atoms with Crippen LogP contribution < -0.4 is 15.4 Å². The maximum atomic E-state index is 6.20. The van der Waals surface area contributed by atoms with E-state index in [0.29, 0.717) is 29.2 Å². The molecule has 0 aliphatic heterocycles. The van der Waals surface area contributed by atoms with Gasteiger partial charge in [-0.05, 0) is 45.0 Å². The molecule has 1 aromatic rings. The Labute approximate surface area is 148 Å². The maximum Gasteiger partial charge on any atom is 0.142 e. The molecule has 23 heavy (non-hydrogen) atoms.